The van der Waals surface area contributed by atoms with E-state index in [1.807, 2.05) is 6.20 Å². The van der Waals surface area contributed by atoms with E-state index < -0.39 is 0 Å². The average Bonchev–Trinajstić information content (AvgIpc) is 2.32. The number of aromatic nitrogens is 2. The third-order valence-corrected chi connectivity index (χ3v) is 2.15. The van der Waals surface area contributed by atoms with Crippen LogP contribution in [-0.2, 0) is 5.41 Å². The Hall–Kier alpha value is -0.790. The van der Waals surface area contributed by atoms with Gasteiger partial charge in [-0.15, -0.1) is 0 Å². The number of hydrogen-bond donors (Lipinski definition) is 1. The third-order valence-electron chi connectivity index (χ3n) is 2.15. The highest BCUT2D eigenvalue weighted by atomic mass is 14.9. The Labute approximate surface area is 74.4 Å². The fourth-order valence-corrected chi connectivity index (χ4v) is 1.76. The van der Waals surface area contributed by atoms with Crippen molar-refractivity contribution in [3.8, 4) is 0 Å². The molecule has 0 aliphatic carbocycles. The lowest BCUT2D eigenvalue weighted by atomic mass is 9.81. The highest BCUT2D eigenvalue weighted by molar-refractivity contribution is 5.09. The van der Waals surface area contributed by atoms with E-state index >= 15 is 0 Å². The van der Waals surface area contributed by atoms with Crippen LogP contribution in [0.15, 0.2) is 12.5 Å². The van der Waals surface area contributed by atoms with Crippen LogP contribution in [0.1, 0.15) is 39.8 Å². The van der Waals surface area contributed by atoms with Gasteiger partial charge < -0.3 is 4.98 Å². The molecular weight excluding hydrogens is 148 g/mol. The van der Waals surface area contributed by atoms with E-state index in [4.69, 9.17) is 0 Å². The van der Waals surface area contributed by atoms with Gasteiger partial charge in [0.15, 0.2) is 0 Å². The Kier molecular flexibility index (Phi) is 2.55. The second-order valence-electron chi connectivity index (χ2n) is 4.45. The zero-order valence-corrected chi connectivity index (χ0v) is 8.39. The first-order valence-corrected chi connectivity index (χ1v) is 4.51. The summed E-state index contributed by atoms with van der Waals surface area (Å²) in [5, 5.41) is 0. The standard InChI is InChI=1S/C10H18N2/c1-8(2)5-10(3,4)9-6-11-7-12-9/h6-8H,5H2,1-4H3,(H,11,12). The number of rotatable bonds is 3. The van der Waals surface area contributed by atoms with Crippen LogP contribution in [0, 0.1) is 5.92 Å². The molecule has 0 fully saturated rings. The van der Waals surface area contributed by atoms with E-state index in [0.29, 0.717) is 0 Å². The number of nitrogens with one attached hydrogen (secondary N) is 1. The topological polar surface area (TPSA) is 28.7 Å². The first kappa shape index (κ1) is 9.30. The highest BCUT2D eigenvalue weighted by Gasteiger charge is 2.22. The number of hydrogen-bond acceptors (Lipinski definition) is 1. The highest BCUT2D eigenvalue weighted by Crippen LogP contribution is 2.28. The molecule has 0 saturated heterocycles. The predicted octanol–water partition coefficient (Wildman–Crippen LogP) is 2.73. The molecule has 2 heteroatoms. The molecule has 0 amide bonds. The molecule has 0 spiro atoms. The van der Waals surface area contributed by atoms with Gasteiger partial charge in [-0.25, -0.2) is 4.98 Å². The van der Waals surface area contributed by atoms with Crippen LogP contribution in [0.5, 0.6) is 0 Å². The summed E-state index contributed by atoms with van der Waals surface area (Å²) in [6.45, 7) is 9.00. The van der Waals surface area contributed by atoms with Gasteiger partial charge in [0.2, 0.25) is 0 Å². The van der Waals surface area contributed by atoms with Crippen molar-refractivity contribution in [3.63, 3.8) is 0 Å². The van der Waals surface area contributed by atoms with E-state index in [-0.39, 0.29) is 5.41 Å². The van der Waals surface area contributed by atoms with Gasteiger partial charge in [-0.05, 0) is 12.3 Å². The van der Waals surface area contributed by atoms with Crippen molar-refractivity contribution in [2.24, 2.45) is 5.92 Å². The van der Waals surface area contributed by atoms with Crippen molar-refractivity contribution < 1.29 is 0 Å². The molecule has 0 radical (unpaired) electrons. The van der Waals surface area contributed by atoms with Crippen LogP contribution in [0.4, 0.5) is 0 Å². The SMILES string of the molecule is CC(C)CC(C)(C)c1cnc[nH]1. The summed E-state index contributed by atoms with van der Waals surface area (Å²) >= 11 is 0. The van der Waals surface area contributed by atoms with Crippen molar-refractivity contribution in [2.45, 2.75) is 39.5 Å². The van der Waals surface area contributed by atoms with Gasteiger partial charge >= 0.3 is 0 Å². The second kappa shape index (κ2) is 3.30. The van der Waals surface area contributed by atoms with E-state index in [2.05, 4.69) is 37.7 Å². The fourth-order valence-electron chi connectivity index (χ4n) is 1.76. The maximum absolute atomic E-state index is 4.04. The zero-order chi connectivity index (χ0) is 9.19. The van der Waals surface area contributed by atoms with Crippen molar-refractivity contribution in [3.05, 3.63) is 18.2 Å². The normalized spacial score (nSPS) is 12.4. The maximum Gasteiger partial charge on any atom is 0.0921 e. The van der Waals surface area contributed by atoms with Gasteiger partial charge in [0.05, 0.1) is 6.33 Å². The third kappa shape index (κ3) is 2.10. The summed E-state index contributed by atoms with van der Waals surface area (Å²) in [5.41, 5.74) is 1.46. The van der Waals surface area contributed by atoms with Crippen LogP contribution in [0.25, 0.3) is 0 Å². The lowest BCUT2D eigenvalue weighted by Gasteiger charge is -2.24. The van der Waals surface area contributed by atoms with Gasteiger partial charge in [-0.3, -0.25) is 0 Å². The van der Waals surface area contributed by atoms with Gasteiger partial charge in [0.25, 0.3) is 0 Å². The minimum Gasteiger partial charge on any atom is -0.348 e. The molecule has 1 aromatic rings. The van der Waals surface area contributed by atoms with Gasteiger partial charge in [0, 0.05) is 17.3 Å². The summed E-state index contributed by atoms with van der Waals surface area (Å²) in [5.74, 6) is 0.725. The van der Waals surface area contributed by atoms with Crippen LogP contribution in [0.2, 0.25) is 0 Å². The first-order chi connectivity index (χ1) is 5.52. The van der Waals surface area contributed by atoms with Crippen LogP contribution < -0.4 is 0 Å². The Morgan fingerprint density at radius 2 is 2.17 bits per heavy atom. The molecule has 0 aliphatic heterocycles. The number of aromatic amines is 1. The molecule has 2 nitrogen and oxygen atoms in total. The van der Waals surface area contributed by atoms with Crippen LogP contribution in [0.3, 0.4) is 0 Å². The minimum atomic E-state index is 0.227. The fraction of sp³-hybridized carbons (Fsp3) is 0.700. The lowest BCUT2D eigenvalue weighted by molar-refractivity contribution is 0.392. The summed E-state index contributed by atoms with van der Waals surface area (Å²) < 4.78 is 0. The Morgan fingerprint density at radius 3 is 2.58 bits per heavy atom. The van der Waals surface area contributed by atoms with Crippen molar-refractivity contribution >= 4 is 0 Å². The second-order valence-corrected chi connectivity index (χ2v) is 4.45. The van der Waals surface area contributed by atoms with Gasteiger partial charge in [-0.1, -0.05) is 27.7 Å². The summed E-state index contributed by atoms with van der Waals surface area (Å²) in [6.07, 6.45) is 4.86. The molecule has 1 N–H and O–H groups in total. The Bertz CT molecular complexity index is 222. The number of H-pyrrole nitrogens is 1. The molecule has 12 heavy (non-hydrogen) atoms. The molecule has 0 aliphatic rings. The molecule has 1 aromatic heterocycles. The minimum absolute atomic E-state index is 0.227. The molecule has 0 bridgehead atoms. The summed E-state index contributed by atoms with van der Waals surface area (Å²) in [4.78, 5) is 7.21. The predicted molar refractivity (Wildman–Crippen MR) is 51.1 cm³/mol. The number of imidazole rings is 1. The van der Waals surface area contributed by atoms with E-state index in [0.717, 1.165) is 5.92 Å². The van der Waals surface area contributed by atoms with Gasteiger partial charge in [-0.2, -0.15) is 0 Å². The monoisotopic (exact) mass is 166 g/mol. The number of nitrogens with zero attached hydrogens (tertiary/aromatic N) is 1. The van der Waals surface area contributed by atoms with Crippen molar-refractivity contribution in [1.82, 2.24) is 9.97 Å². The molecule has 0 aromatic carbocycles. The average molecular weight is 166 g/mol. The maximum atomic E-state index is 4.04. The molecule has 0 unspecified atom stereocenters. The first-order valence-electron chi connectivity index (χ1n) is 4.51. The molecule has 0 atom stereocenters. The zero-order valence-electron chi connectivity index (χ0n) is 8.39. The summed E-state index contributed by atoms with van der Waals surface area (Å²) in [7, 11) is 0. The Morgan fingerprint density at radius 1 is 1.50 bits per heavy atom. The van der Waals surface area contributed by atoms with E-state index in [9.17, 15) is 0 Å². The van der Waals surface area contributed by atoms with Gasteiger partial charge in [0.1, 0.15) is 0 Å². The molecule has 1 heterocycles. The largest absolute Gasteiger partial charge is 0.348 e. The van der Waals surface area contributed by atoms with E-state index in [1.165, 1.54) is 12.1 Å². The van der Waals surface area contributed by atoms with E-state index in [1.54, 1.807) is 6.33 Å². The van der Waals surface area contributed by atoms with Crippen LogP contribution in [-0.4, -0.2) is 9.97 Å². The lowest BCUT2D eigenvalue weighted by Crippen LogP contribution is -2.20. The summed E-state index contributed by atoms with van der Waals surface area (Å²) in [6, 6.07) is 0. The van der Waals surface area contributed by atoms with Crippen molar-refractivity contribution in [1.29, 1.82) is 0 Å². The van der Waals surface area contributed by atoms with Crippen molar-refractivity contribution in [2.75, 3.05) is 0 Å². The smallest absolute Gasteiger partial charge is 0.0921 e. The van der Waals surface area contributed by atoms with Crippen LogP contribution >= 0.6 is 0 Å². The molecule has 0 saturated carbocycles. The molecular formula is C10H18N2. The quantitative estimate of drug-likeness (QED) is 0.734. The molecule has 1 rings (SSSR count). The molecule has 68 valence electrons. The Balaban J connectivity index is 2.72.